The van der Waals surface area contributed by atoms with Crippen LogP contribution in [0.4, 0.5) is 5.69 Å². The maximum Gasteiger partial charge on any atom is 0.332 e. The fourth-order valence-electron chi connectivity index (χ4n) is 3.29. The molecule has 1 N–H and O–H groups in total. The lowest BCUT2D eigenvalue weighted by Gasteiger charge is -2.48. The van der Waals surface area contributed by atoms with Crippen LogP contribution in [-0.2, 0) is 9.53 Å². The first-order chi connectivity index (χ1) is 9.95. The standard InChI is InChI=1S/C17H25NO3/c1-16(2)10-5-6-11-17(16,15(19)21-4)18-13-8-7-9-14(12-13)20-3/h7-9,12,18H,5-6,10-11H2,1-4H3. The highest BCUT2D eigenvalue weighted by molar-refractivity contribution is 5.86. The van der Waals surface area contributed by atoms with Crippen molar-refractivity contribution in [3.8, 4) is 5.75 Å². The van der Waals surface area contributed by atoms with Crippen LogP contribution >= 0.6 is 0 Å². The Balaban J connectivity index is 2.38. The molecule has 0 bridgehead atoms. The van der Waals surface area contributed by atoms with E-state index in [4.69, 9.17) is 9.47 Å². The van der Waals surface area contributed by atoms with E-state index in [1.54, 1.807) is 7.11 Å². The van der Waals surface area contributed by atoms with E-state index >= 15 is 0 Å². The third kappa shape index (κ3) is 2.85. The van der Waals surface area contributed by atoms with Gasteiger partial charge < -0.3 is 14.8 Å². The summed E-state index contributed by atoms with van der Waals surface area (Å²) in [5, 5.41) is 3.46. The number of rotatable bonds is 4. The summed E-state index contributed by atoms with van der Waals surface area (Å²) in [6.07, 6.45) is 3.95. The molecule has 0 amide bonds. The molecular weight excluding hydrogens is 266 g/mol. The third-order valence-corrected chi connectivity index (χ3v) is 4.72. The van der Waals surface area contributed by atoms with Crippen LogP contribution in [-0.4, -0.2) is 25.7 Å². The summed E-state index contributed by atoms with van der Waals surface area (Å²) < 4.78 is 10.4. The Morgan fingerprint density at radius 3 is 2.52 bits per heavy atom. The summed E-state index contributed by atoms with van der Waals surface area (Å²) in [6.45, 7) is 4.27. The molecule has 1 aromatic carbocycles. The maximum atomic E-state index is 12.5. The van der Waals surface area contributed by atoms with Crippen LogP contribution in [0.3, 0.4) is 0 Å². The summed E-state index contributed by atoms with van der Waals surface area (Å²) in [4.78, 5) is 12.5. The van der Waals surface area contributed by atoms with Crippen LogP contribution < -0.4 is 10.1 Å². The Labute approximate surface area is 126 Å². The molecule has 1 aliphatic rings. The topological polar surface area (TPSA) is 47.6 Å². The van der Waals surface area contributed by atoms with Crippen molar-refractivity contribution in [3.05, 3.63) is 24.3 Å². The van der Waals surface area contributed by atoms with Gasteiger partial charge in [-0.15, -0.1) is 0 Å². The molecule has 0 radical (unpaired) electrons. The normalized spacial score (nSPS) is 24.2. The summed E-state index contributed by atoms with van der Waals surface area (Å²) in [7, 11) is 3.10. The average molecular weight is 291 g/mol. The zero-order valence-corrected chi connectivity index (χ0v) is 13.4. The number of carbonyl (C=O) groups excluding carboxylic acids is 1. The van der Waals surface area contributed by atoms with Gasteiger partial charge in [-0.25, -0.2) is 4.79 Å². The fourth-order valence-corrected chi connectivity index (χ4v) is 3.29. The molecule has 1 saturated carbocycles. The number of carbonyl (C=O) groups is 1. The molecule has 0 aliphatic heterocycles. The highest BCUT2D eigenvalue weighted by atomic mass is 16.5. The van der Waals surface area contributed by atoms with Gasteiger partial charge in [0.15, 0.2) is 0 Å². The van der Waals surface area contributed by atoms with Crippen molar-refractivity contribution < 1.29 is 14.3 Å². The van der Waals surface area contributed by atoms with Crippen LogP contribution in [0.15, 0.2) is 24.3 Å². The van der Waals surface area contributed by atoms with Gasteiger partial charge in [0.1, 0.15) is 11.3 Å². The summed E-state index contributed by atoms with van der Waals surface area (Å²) in [6, 6.07) is 7.68. The molecule has 21 heavy (non-hydrogen) atoms. The summed E-state index contributed by atoms with van der Waals surface area (Å²) in [5.41, 5.74) is 0.0306. The molecular formula is C17H25NO3. The highest BCUT2D eigenvalue weighted by Crippen LogP contribution is 2.46. The molecule has 4 nitrogen and oxygen atoms in total. The van der Waals surface area contributed by atoms with Crippen LogP contribution in [0.2, 0.25) is 0 Å². The Bertz CT molecular complexity index is 513. The van der Waals surface area contributed by atoms with Gasteiger partial charge >= 0.3 is 5.97 Å². The molecule has 0 heterocycles. The number of benzene rings is 1. The summed E-state index contributed by atoms with van der Waals surface area (Å²) in [5.74, 6) is 0.587. The van der Waals surface area contributed by atoms with Gasteiger partial charge in [0.2, 0.25) is 0 Å². The lowest BCUT2D eigenvalue weighted by molar-refractivity contribution is -0.152. The Morgan fingerprint density at radius 2 is 1.90 bits per heavy atom. The minimum atomic E-state index is -0.688. The zero-order chi connectivity index (χ0) is 15.5. The molecule has 1 aromatic rings. The molecule has 1 unspecified atom stereocenters. The Kier molecular flexibility index (Phi) is 4.45. The fraction of sp³-hybridized carbons (Fsp3) is 0.588. The quantitative estimate of drug-likeness (QED) is 0.861. The van der Waals surface area contributed by atoms with Crippen molar-refractivity contribution in [2.45, 2.75) is 45.1 Å². The zero-order valence-electron chi connectivity index (χ0n) is 13.4. The number of anilines is 1. The van der Waals surface area contributed by atoms with Gasteiger partial charge in [0, 0.05) is 11.8 Å². The first kappa shape index (κ1) is 15.7. The third-order valence-electron chi connectivity index (χ3n) is 4.72. The van der Waals surface area contributed by atoms with E-state index < -0.39 is 5.54 Å². The molecule has 0 aromatic heterocycles. The number of hydrogen-bond acceptors (Lipinski definition) is 4. The Hall–Kier alpha value is -1.71. The predicted octanol–water partition coefficient (Wildman–Crippen LogP) is 3.62. The van der Waals surface area contributed by atoms with Crippen molar-refractivity contribution in [2.75, 3.05) is 19.5 Å². The van der Waals surface area contributed by atoms with E-state index in [-0.39, 0.29) is 11.4 Å². The van der Waals surface area contributed by atoms with E-state index in [1.165, 1.54) is 7.11 Å². The summed E-state index contributed by atoms with van der Waals surface area (Å²) >= 11 is 0. The van der Waals surface area contributed by atoms with Crippen LogP contribution in [0, 0.1) is 5.41 Å². The monoisotopic (exact) mass is 291 g/mol. The molecule has 116 valence electrons. The van der Waals surface area contributed by atoms with Gasteiger partial charge in [-0.1, -0.05) is 32.8 Å². The molecule has 2 rings (SSSR count). The van der Waals surface area contributed by atoms with Crippen LogP contribution in [0.5, 0.6) is 5.75 Å². The maximum absolute atomic E-state index is 12.5. The molecule has 0 spiro atoms. The SMILES string of the molecule is COC(=O)C1(Nc2cccc(OC)c2)CCCCC1(C)C. The van der Waals surface area contributed by atoms with Gasteiger partial charge in [-0.2, -0.15) is 0 Å². The average Bonchev–Trinajstić information content (AvgIpc) is 2.48. The molecule has 1 atom stereocenters. The second-order valence-electron chi connectivity index (χ2n) is 6.34. The number of ether oxygens (including phenoxy) is 2. The lowest BCUT2D eigenvalue weighted by Crippen LogP contribution is -2.59. The minimum Gasteiger partial charge on any atom is -0.497 e. The van der Waals surface area contributed by atoms with Crippen molar-refractivity contribution in [1.82, 2.24) is 0 Å². The first-order valence-corrected chi connectivity index (χ1v) is 7.46. The second kappa shape index (κ2) is 5.96. The highest BCUT2D eigenvalue weighted by Gasteiger charge is 2.53. The van der Waals surface area contributed by atoms with Crippen molar-refractivity contribution in [2.24, 2.45) is 5.41 Å². The molecule has 1 fully saturated rings. The second-order valence-corrected chi connectivity index (χ2v) is 6.34. The van der Waals surface area contributed by atoms with E-state index in [0.717, 1.165) is 37.1 Å². The number of methoxy groups -OCH3 is 2. The van der Waals surface area contributed by atoms with Gasteiger partial charge in [0.05, 0.1) is 14.2 Å². The van der Waals surface area contributed by atoms with Gasteiger partial charge in [-0.05, 0) is 30.4 Å². The lowest BCUT2D eigenvalue weighted by atomic mass is 9.63. The number of esters is 1. The van der Waals surface area contributed by atoms with Crippen molar-refractivity contribution in [3.63, 3.8) is 0 Å². The van der Waals surface area contributed by atoms with Gasteiger partial charge in [0.25, 0.3) is 0 Å². The largest absolute Gasteiger partial charge is 0.497 e. The van der Waals surface area contributed by atoms with E-state index in [2.05, 4.69) is 19.2 Å². The number of hydrogen-bond donors (Lipinski definition) is 1. The predicted molar refractivity (Wildman–Crippen MR) is 83.6 cm³/mol. The van der Waals surface area contributed by atoms with Crippen molar-refractivity contribution in [1.29, 1.82) is 0 Å². The van der Waals surface area contributed by atoms with Crippen LogP contribution in [0.1, 0.15) is 39.5 Å². The van der Waals surface area contributed by atoms with E-state index in [1.807, 2.05) is 24.3 Å². The van der Waals surface area contributed by atoms with E-state index in [9.17, 15) is 4.79 Å². The van der Waals surface area contributed by atoms with Crippen LogP contribution in [0.25, 0.3) is 0 Å². The number of nitrogens with one attached hydrogen (secondary N) is 1. The molecule has 1 aliphatic carbocycles. The minimum absolute atomic E-state index is 0.165. The molecule has 4 heteroatoms. The smallest absolute Gasteiger partial charge is 0.332 e. The first-order valence-electron chi connectivity index (χ1n) is 7.46. The van der Waals surface area contributed by atoms with Crippen molar-refractivity contribution >= 4 is 11.7 Å². The molecule has 0 saturated heterocycles. The Morgan fingerprint density at radius 1 is 1.19 bits per heavy atom. The van der Waals surface area contributed by atoms with E-state index in [0.29, 0.717) is 0 Å². The van der Waals surface area contributed by atoms with Gasteiger partial charge in [-0.3, -0.25) is 0 Å².